The number of H-pyrrole nitrogens is 1. The minimum atomic E-state index is -0.205. The normalized spacial score (nSPS) is 16.8. The van der Waals surface area contributed by atoms with Gasteiger partial charge < -0.3 is 15.2 Å². The lowest BCUT2D eigenvalue weighted by Gasteiger charge is -2.34. The van der Waals surface area contributed by atoms with E-state index in [1.165, 1.54) is 0 Å². The molecule has 0 aromatic carbocycles. The van der Waals surface area contributed by atoms with Gasteiger partial charge in [0, 0.05) is 44.1 Å². The average molecular weight is 292 g/mol. The van der Waals surface area contributed by atoms with Crippen LogP contribution < -0.4 is 5.32 Å². The van der Waals surface area contributed by atoms with Crippen LogP contribution in [-0.4, -0.2) is 64.9 Å². The summed E-state index contributed by atoms with van der Waals surface area (Å²) in [6.07, 6.45) is 3.46. The molecule has 21 heavy (non-hydrogen) atoms. The fraction of sp³-hybridized carbons (Fsp3) is 0.600. The number of piperazine rings is 1. The number of carbonyl (C=O) groups is 2. The van der Waals surface area contributed by atoms with Crippen LogP contribution in [0.25, 0.3) is 0 Å². The second kappa shape index (κ2) is 6.30. The number of aromatic amines is 1. The highest BCUT2D eigenvalue weighted by Crippen LogP contribution is 2.08. The van der Waals surface area contributed by atoms with E-state index >= 15 is 0 Å². The fourth-order valence-electron chi connectivity index (χ4n) is 2.41. The van der Waals surface area contributed by atoms with Crippen molar-refractivity contribution < 1.29 is 9.59 Å². The van der Waals surface area contributed by atoms with Crippen molar-refractivity contribution in [3.05, 3.63) is 24.0 Å². The third kappa shape index (κ3) is 4.60. The quantitative estimate of drug-likeness (QED) is 0.861. The Morgan fingerprint density at radius 3 is 2.43 bits per heavy atom. The predicted molar refractivity (Wildman–Crippen MR) is 81.0 cm³/mol. The number of hydrogen-bond acceptors (Lipinski definition) is 3. The number of carbonyl (C=O) groups excluding carboxylic acids is 2. The third-order valence-corrected chi connectivity index (χ3v) is 3.39. The van der Waals surface area contributed by atoms with Gasteiger partial charge in [0.05, 0.1) is 12.1 Å². The molecule has 2 N–H and O–H groups in total. The second-order valence-electron chi connectivity index (χ2n) is 6.47. The maximum atomic E-state index is 12.2. The van der Waals surface area contributed by atoms with Crippen LogP contribution in [0.15, 0.2) is 18.5 Å². The number of aromatic nitrogens is 1. The molecule has 0 radical (unpaired) electrons. The monoisotopic (exact) mass is 292 g/mol. The average Bonchev–Trinajstić information content (AvgIpc) is 2.90. The predicted octanol–water partition coefficient (Wildman–Crippen LogP) is 0.687. The molecule has 0 unspecified atom stereocenters. The van der Waals surface area contributed by atoms with Crippen LogP contribution in [0, 0.1) is 0 Å². The van der Waals surface area contributed by atoms with E-state index < -0.39 is 0 Å². The summed E-state index contributed by atoms with van der Waals surface area (Å²) < 4.78 is 0. The zero-order valence-corrected chi connectivity index (χ0v) is 13.0. The lowest BCUT2D eigenvalue weighted by molar-refractivity contribution is -0.124. The Hall–Kier alpha value is -1.82. The molecule has 6 nitrogen and oxygen atoms in total. The van der Waals surface area contributed by atoms with Crippen molar-refractivity contribution in [2.75, 3.05) is 32.7 Å². The molecule has 0 spiro atoms. The van der Waals surface area contributed by atoms with E-state index in [9.17, 15) is 9.59 Å². The van der Waals surface area contributed by atoms with E-state index in [1.807, 2.05) is 25.7 Å². The van der Waals surface area contributed by atoms with Crippen LogP contribution in [0.4, 0.5) is 0 Å². The molecule has 6 heteroatoms. The molecule has 1 saturated heterocycles. The first-order chi connectivity index (χ1) is 9.85. The van der Waals surface area contributed by atoms with Gasteiger partial charge in [0.2, 0.25) is 5.91 Å². The van der Waals surface area contributed by atoms with Gasteiger partial charge in [-0.1, -0.05) is 0 Å². The van der Waals surface area contributed by atoms with Crippen LogP contribution in [0.2, 0.25) is 0 Å². The van der Waals surface area contributed by atoms with Gasteiger partial charge in [-0.05, 0) is 26.8 Å². The van der Waals surface area contributed by atoms with Crippen molar-refractivity contribution in [1.82, 2.24) is 20.1 Å². The van der Waals surface area contributed by atoms with Crippen LogP contribution in [-0.2, 0) is 4.79 Å². The van der Waals surface area contributed by atoms with Gasteiger partial charge in [-0.3, -0.25) is 14.5 Å². The van der Waals surface area contributed by atoms with Gasteiger partial charge in [-0.2, -0.15) is 0 Å². The second-order valence-corrected chi connectivity index (χ2v) is 6.47. The summed E-state index contributed by atoms with van der Waals surface area (Å²) in [7, 11) is 0. The van der Waals surface area contributed by atoms with Crippen molar-refractivity contribution >= 4 is 11.8 Å². The highest BCUT2D eigenvalue weighted by atomic mass is 16.2. The molecule has 1 aliphatic heterocycles. The van der Waals surface area contributed by atoms with Crippen LogP contribution in [0.1, 0.15) is 31.1 Å². The van der Waals surface area contributed by atoms with E-state index in [0.717, 1.165) is 13.1 Å². The summed E-state index contributed by atoms with van der Waals surface area (Å²) in [5.74, 6) is 0.0861. The molecule has 0 aliphatic carbocycles. The Morgan fingerprint density at radius 1 is 1.24 bits per heavy atom. The molecule has 1 aromatic heterocycles. The Balaban J connectivity index is 1.78. The smallest absolute Gasteiger partial charge is 0.255 e. The standard InChI is InChI=1S/C15H24N4O2/c1-15(2,3)17-13(20)11-18-6-8-19(9-7-18)14(21)12-4-5-16-10-12/h4-5,10,16H,6-9,11H2,1-3H3,(H,17,20). The molecular formula is C15H24N4O2. The van der Waals surface area contributed by atoms with Crippen LogP contribution >= 0.6 is 0 Å². The molecule has 1 aliphatic rings. The minimum absolute atomic E-state index is 0.0351. The minimum Gasteiger partial charge on any atom is -0.367 e. The zero-order valence-electron chi connectivity index (χ0n) is 13.0. The molecular weight excluding hydrogens is 268 g/mol. The van der Waals surface area contributed by atoms with Gasteiger partial charge in [-0.15, -0.1) is 0 Å². The molecule has 0 atom stereocenters. The van der Waals surface area contributed by atoms with Crippen molar-refractivity contribution in [2.45, 2.75) is 26.3 Å². The van der Waals surface area contributed by atoms with Gasteiger partial charge in [-0.25, -0.2) is 0 Å². The van der Waals surface area contributed by atoms with Gasteiger partial charge >= 0.3 is 0 Å². The summed E-state index contributed by atoms with van der Waals surface area (Å²) in [5.41, 5.74) is 0.484. The Labute approximate surface area is 125 Å². The van der Waals surface area contributed by atoms with Crippen LogP contribution in [0.3, 0.4) is 0 Å². The number of rotatable bonds is 3. The third-order valence-electron chi connectivity index (χ3n) is 3.39. The Bertz CT molecular complexity index is 482. The van der Waals surface area contributed by atoms with Gasteiger partial charge in [0.15, 0.2) is 0 Å². The summed E-state index contributed by atoms with van der Waals surface area (Å²) in [6.45, 7) is 9.08. The van der Waals surface area contributed by atoms with Crippen molar-refractivity contribution in [3.8, 4) is 0 Å². The first kappa shape index (κ1) is 15.6. The highest BCUT2D eigenvalue weighted by molar-refractivity contribution is 5.94. The maximum Gasteiger partial charge on any atom is 0.255 e. The molecule has 116 valence electrons. The SMILES string of the molecule is CC(C)(C)NC(=O)CN1CCN(C(=O)c2cc[nH]c2)CC1. The number of hydrogen-bond donors (Lipinski definition) is 2. The van der Waals surface area contributed by atoms with Gasteiger partial charge in [0.25, 0.3) is 5.91 Å². The first-order valence-electron chi connectivity index (χ1n) is 7.30. The molecule has 2 amide bonds. The number of amides is 2. The summed E-state index contributed by atoms with van der Waals surface area (Å²) in [4.78, 5) is 30.9. The van der Waals surface area contributed by atoms with E-state index in [0.29, 0.717) is 25.2 Å². The van der Waals surface area contributed by atoms with Crippen molar-refractivity contribution in [3.63, 3.8) is 0 Å². The number of nitrogens with one attached hydrogen (secondary N) is 2. The topological polar surface area (TPSA) is 68.4 Å². The maximum absolute atomic E-state index is 12.2. The lowest BCUT2D eigenvalue weighted by Crippen LogP contribution is -2.52. The first-order valence-corrected chi connectivity index (χ1v) is 7.30. The Kier molecular flexibility index (Phi) is 4.67. The zero-order chi connectivity index (χ0) is 15.5. The summed E-state index contributed by atoms with van der Waals surface area (Å²) in [6, 6.07) is 1.78. The van der Waals surface area contributed by atoms with Crippen molar-refractivity contribution in [2.24, 2.45) is 0 Å². The number of nitrogens with zero attached hydrogens (tertiary/aromatic N) is 2. The van der Waals surface area contributed by atoms with E-state index in [2.05, 4.69) is 15.2 Å². The van der Waals surface area contributed by atoms with Crippen LogP contribution in [0.5, 0.6) is 0 Å². The summed E-state index contributed by atoms with van der Waals surface area (Å²) >= 11 is 0. The van der Waals surface area contributed by atoms with E-state index in [-0.39, 0.29) is 17.4 Å². The summed E-state index contributed by atoms with van der Waals surface area (Å²) in [5, 5.41) is 2.96. The van der Waals surface area contributed by atoms with E-state index in [1.54, 1.807) is 18.5 Å². The fourth-order valence-corrected chi connectivity index (χ4v) is 2.41. The molecule has 1 aromatic rings. The van der Waals surface area contributed by atoms with Gasteiger partial charge in [0.1, 0.15) is 0 Å². The lowest BCUT2D eigenvalue weighted by atomic mass is 10.1. The Morgan fingerprint density at radius 2 is 1.90 bits per heavy atom. The van der Waals surface area contributed by atoms with Crippen molar-refractivity contribution in [1.29, 1.82) is 0 Å². The molecule has 0 saturated carbocycles. The van der Waals surface area contributed by atoms with E-state index in [4.69, 9.17) is 0 Å². The molecule has 2 rings (SSSR count). The largest absolute Gasteiger partial charge is 0.367 e. The molecule has 2 heterocycles. The molecule has 0 bridgehead atoms. The highest BCUT2D eigenvalue weighted by Gasteiger charge is 2.24. The molecule has 1 fully saturated rings.